The monoisotopic (exact) mass is 246 g/mol. The standard InChI is InChI=1S/C10H18N2O3S/c1-3-10(2,6-13)11-8(14)4-12-7-16-5-9(12)15/h13H,3-7H2,1-2H3,(H,11,14). The predicted molar refractivity (Wildman–Crippen MR) is 63.0 cm³/mol. The lowest BCUT2D eigenvalue weighted by molar-refractivity contribution is -0.133. The normalized spacial score (nSPS) is 19.7. The van der Waals surface area contributed by atoms with Gasteiger partial charge in [0.05, 0.1) is 23.8 Å². The molecule has 1 aliphatic rings. The van der Waals surface area contributed by atoms with Crippen LogP contribution in [-0.4, -0.2) is 52.1 Å². The Morgan fingerprint density at radius 1 is 1.69 bits per heavy atom. The number of carbonyl (C=O) groups is 2. The second kappa shape index (κ2) is 5.54. The van der Waals surface area contributed by atoms with Crippen LogP contribution in [-0.2, 0) is 9.59 Å². The van der Waals surface area contributed by atoms with Gasteiger partial charge in [-0.15, -0.1) is 11.8 Å². The number of thioether (sulfide) groups is 1. The fourth-order valence-electron chi connectivity index (χ4n) is 1.33. The van der Waals surface area contributed by atoms with E-state index < -0.39 is 5.54 Å². The van der Waals surface area contributed by atoms with Gasteiger partial charge in [-0.2, -0.15) is 0 Å². The molecule has 1 unspecified atom stereocenters. The molecule has 1 rings (SSSR count). The number of rotatable bonds is 5. The highest BCUT2D eigenvalue weighted by Crippen LogP contribution is 2.14. The van der Waals surface area contributed by atoms with Crippen LogP contribution in [0.1, 0.15) is 20.3 Å². The number of aliphatic hydroxyl groups is 1. The van der Waals surface area contributed by atoms with Gasteiger partial charge < -0.3 is 15.3 Å². The average Bonchev–Trinajstić information content (AvgIpc) is 2.64. The fraction of sp³-hybridized carbons (Fsp3) is 0.800. The summed E-state index contributed by atoms with van der Waals surface area (Å²) in [5, 5.41) is 11.9. The molecule has 0 radical (unpaired) electrons. The van der Waals surface area contributed by atoms with Crippen LogP contribution in [0.5, 0.6) is 0 Å². The van der Waals surface area contributed by atoms with Gasteiger partial charge in [-0.1, -0.05) is 6.92 Å². The predicted octanol–water partition coefficient (Wildman–Crippen LogP) is -0.203. The summed E-state index contributed by atoms with van der Waals surface area (Å²) >= 11 is 1.51. The summed E-state index contributed by atoms with van der Waals surface area (Å²) in [4.78, 5) is 24.5. The zero-order valence-electron chi connectivity index (χ0n) is 9.65. The number of aliphatic hydroxyl groups excluding tert-OH is 1. The molecule has 0 aliphatic carbocycles. The number of hydrogen-bond donors (Lipinski definition) is 2. The minimum Gasteiger partial charge on any atom is -0.394 e. The van der Waals surface area contributed by atoms with Gasteiger partial charge in [-0.3, -0.25) is 9.59 Å². The Morgan fingerprint density at radius 3 is 2.81 bits per heavy atom. The van der Waals surface area contributed by atoms with E-state index in [4.69, 9.17) is 5.11 Å². The molecule has 0 bridgehead atoms. The van der Waals surface area contributed by atoms with Crippen molar-refractivity contribution in [3.63, 3.8) is 0 Å². The van der Waals surface area contributed by atoms with Gasteiger partial charge in [0.15, 0.2) is 0 Å². The van der Waals surface area contributed by atoms with E-state index in [9.17, 15) is 9.59 Å². The van der Waals surface area contributed by atoms with E-state index in [2.05, 4.69) is 5.32 Å². The van der Waals surface area contributed by atoms with Gasteiger partial charge in [0.25, 0.3) is 0 Å². The number of hydrogen-bond acceptors (Lipinski definition) is 4. The SMILES string of the molecule is CCC(C)(CO)NC(=O)CN1CSCC1=O. The topological polar surface area (TPSA) is 69.6 Å². The minimum atomic E-state index is -0.590. The summed E-state index contributed by atoms with van der Waals surface area (Å²) in [5.41, 5.74) is -0.590. The van der Waals surface area contributed by atoms with Crippen molar-refractivity contribution in [1.82, 2.24) is 10.2 Å². The fourth-order valence-corrected chi connectivity index (χ4v) is 2.23. The van der Waals surface area contributed by atoms with Crippen molar-refractivity contribution in [2.45, 2.75) is 25.8 Å². The van der Waals surface area contributed by atoms with Crippen molar-refractivity contribution in [2.24, 2.45) is 0 Å². The lowest BCUT2D eigenvalue weighted by Gasteiger charge is -2.28. The molecular formula is C10H18N2O3S. The maximum absolute atomic E-state index is 11.7. The first kappa shape index (κ1) is 13.3. The van der Waals surface area contributed by atoms with Crippen molar-refractivity contribution in [2.75, 3.05) is 24.8 Å². The van der Waals surface area contributed by atoms with E-state index in [0.29, 0.717) is 18.1 Å². The Bertz CT molecular complexity index is 279. The summed E-state index contributed by atoms with van der Waals surface area (Å²) in [7, 11) is 0. The highest BCUT2D eigenvalue weighted by molar-refractivity contribution is 8.00. The second-order valence-corrected chi connectivity index (χ2v) is 5.14. The molecule has 2 amide bonds. The van der Waals surface area contributed by atoms with Crippen LogP contribution in [0.25, 0.3) is 0 Å². The number of nitrogens with zero attached hydrogens (tertiary/aromatic N) is 1. The largest absolute Gasteiger partial charge is 0.394 e. The van der Waals surface area contributed by atoms with E-state index in [-0.39, 0.29) is 25.0 Å². The van der Waals surface area contributed by atoms with E-state index in [0.717, 1.165) is 0 Å². The van der Waals surface area contributed by atoms with Gasteiger partial charge in [-0.25, -0.2) is 0 Å². The van der Waals surface area contributed by atoms with Gasteiger partial charge in [0.2, 0.25) is 11.8 Å². The average molecular weight is 246 g/mol. The molecule has 16 heavy (non-hydrogen) atoms. The van der Waals surface area contributed by atoms with Gasteiger partial charge in [0.1, 0.15) is 6.54 Å². The van der Waals surface area contributed by atoms with E-state index >= 15 is 0 Å². The third-order valence-electron chi connectivity index (χ3n) is 2.73. The number of nitrogens with one attached hydrogen (secondary N) is 1. The number of amides is 2. The first-order valence-electron chi connectivity index (χ1n) is 5.28. The van der Waals surface area contributed by atoms with Crippen LogP contribution < -0.4 is 5.32 Å². The van der Waals surface area contributed by atoms with E-state index in [1.165, 1.54) is 16.7 Å². The third kappa shape index (κ3) is 3.38. The molecule has 1 heterocycles. The first-order chi connectivity index (χ1) is 7.50. The Morgan fingerprint density at radius 2 is 2.38 bits per heavy atom. The molecule has 92 valence electrons. The Kier molecular flexibility index (Phi) is 4.61. The van der Waals surface area contributed by atoms with Crippen molar-refractivity contribution in [3.8, 4) is 0 Å². The van der Waals surface area contributed by atoms with Crippen molar-refractivity contribution in [3.05, 3.63) is 0 Å². The first-order valence-corrected chi connectivity index (χ1v) is 6.43. The van der Waals surface area contributed by atoms with Gasteiger partial charge in [0, 0.05) is 0 Å². The molecule has 0 aromatic carbocycles. The second-order valence-electron chi connectivity index (χ2n) is 4.19. The maximum atomic E-state index is 11.7. The van der Waals surface area contributed by atoms with Gasteiger partial charge in [-0.05, 0) is 13.3 Å². The molecule has 1 saturated heterocycles. The molecule has 0 spiro atoms. The smallest absolute Gasteiger partial charge is 0.240 e. The molecule has 6 heteroatoms. The molecule has 1 aliphatic heterocycles. The summed E-state index contributed by atoms with van der Waals surface area (Å²) in [6.45, 7) is 3.66. The molecular weight excluding hydrogens is 228 g/mol. The molecule has 1 atom stereocenters. The summed E-state index contributed by atoms with van der Waals surface area (Å²) in [5.74, 6) is 0.823. The van der Waals surface area contributed by atoms with E-state index in [1.807, 2.05) is 6.92 Å². The van der Waals surface area contributed by atoms with Crippen LogP contribution >= 0.6 is 11.8 Å². The number of carbonyl (C=O) groups excluding carboxylic acids is 2. The molecule has 0 aromatic rings. The molecule has 5 nitrogen and oxygen atoms in total. The van der Waals surface area contributed by atoms with Crippen LogP contribution in [0.3, 0.4) is 0 Å². The Hall–Kier alpha value is -0.750. The van der Waals surface area contributed by atoms with E-state index in [1.54, 1.807) is 6.92 Å². The molecule has 2 N–H and O–H groups in total. The van der Waals surface area contributed by atoms with Crippen molar-refractivity contribution >= 4 is 23.6 Å². The van der Waals surface area contributed by atoms with Gasteiger partial charge >= 0.3 is 0 Å². The van der Waals surface area contributed by atoms with Crippen LogP contribution in [0.4, 0.5) is 0 Å². The zero-order chi connectivity index (χ0) is 12.2. The highest BCUT2D eigenvalue weighted by atomic mass is 32.2. The molecule has 0 saturated carbocycles. The Balaban J connectivity index is 2.43. The summed E-state index contributed by atoms with van der Waals surface area (Å²) < 4.78 is 0. The van der Waals surface area contributed by atoms with Crippen molar-refractivity contribution in [1.29, 1.82) is 0 Å². The highest BCUT2D eigenvalue weighted by Gasteiger charge is 2.27. The lowest BCUT2D eigenvalue weighted by Crippen LogP contribution is -2.51. The van der Waals surface area contributed by atoms with Crippen LogP contribution in [0.15, 0.2) is 0 Å². The quantitative estimate of drug-likeness (QED) is 0.704. The van der Waals surface area contributed by atoms with Crippen LogP contribution in [0, 0.1) is 0 Å². The molecule has 0 aromatic heterocycles. The minimum absolute atomic E-state index is 0.00218. The third-order valence-corrected chi connectivity index (χ3v) is 3.68. The zero-order valence-corrected chi connectivity index (χ0v) is 10.5. The van der Waals surface area contributed by atoms with Crippen LogP contribution in [0.2, 0.25) is 0 Å². The molecule has 1 fully saturated rings. The Labute approximate surface area is 99.6 Å². The summed E-state index contributed by atoms with van der Waals surface area (Å²) in [6, 6.07) is 0. The lowest BCUT2D eigenvalue weighted by atomic mass is 10.0. The maximum Gasteiger partial charge on any atom is 0.240 e. The summed E-state index contributed by atoms with van der Waals surface area (Å²) in [6.07, 6.45) is 0.651. The van der Waals surface area contributed by atoms with Crippen molar-refractivity contribution < 1.29 is 14.7 Å².